The lowest BCUT2D eigenvalue weighted by Crippen LogP contribution is -2.53. The summed E-state index contributed by atoms with van der Waals surface area (Å²) in [5.74, 6) is 0.536. The lowest BCUT2D eigenvalue weighted by atomic mass is 10.2. The lowest BCUT2D eigenvalue weighted by Gasteiger charge is -2.35. The van der Waals surface area contributed by atoms with E-state index in [1.54, 1.807) is 0 Å². The summed E-state index contributed by atoms with van der Waals surface area (Å²) in [5, 5.41) is 8.85. The Morgan fingerprint density at radius 3 is 2.61 bits per heavy atom. The standard InChI is InChI=1S/C14H20N4O3S2/c1-10-15-16-14(23-10)22-9-12(19)17-4-6-18(7-5-17)13(20)11-3-2-8-21-11/h11H,2-9H2,1H3/t11-/m1/s1. The second kappa shape index (κ2) is 7.59. The zero-order valence-electron chi connectivity index (χ0n) is 13.1. The van der Waals surface area contributed by atoms with Gasteiger partial charge in [-0.15, -0.1) is 10.2 Å². The van der Waals surface area contributed by atoms with Crippen LogP contribution >= 0.6 is 23.1 Å². The normalized spacial score (nSPS) is 21.7. The second-order valence-corrected chi connectivity index (χ2v) is 7.99. The van der Waals surface area contributed by atoms with E-state index in [-0.39, 0.29) is 17.9 Å². The molecule has 0 unspecified atom stereocenters. The predicted octanol–water partition coefficient (Wildman–Crippen LogP) is 0.788. The van der Waals surface area contributed by atoms with Crippen LogP contribution in [0.2, 0.25) is 0 Å². The molecule has 126 valence electrons. The van der Waals surface area contributed by atoms with Crippen molar-refractivity contribution < 1.29 is 14.3 Å². The first-order valence-corrected chi connectivity index (χ1v) is 9.55. The molecule has 0 bridgehead atoms. The molecular formula is C14H20N4O3S2. The molecule has 9 heteroatoms. The van der Waals surface area contributed by atoms with Crippen molar-refractivity contribution in [3.05, 3.63) is 5.01 Å². The Bertz CT molecular complexity index is 566. The molecule has 0 radical (unpaired) electrons. The molecule has 1 atom stereocenters. The SMILES string of the molecule is Cc1nnc(SCC(=O)N2CCN(C(=O)[C@H]3CCCO3)CC2)s1. The molecule has 1 aromatic rings. The van der Waals surface area contributed by atoms with Crippen LogP contribution < -0.4 is 0 Å². The largest absolute Gasteiger partial charge is 0.368 e. The minimum atomic E-state index is -0.270. The van der Waals surface area contributed by atoms with Crippen LogP contribution in [0.25, 0.3) is 0 Å². The first-order valence-electron chi connectivity index (χ1n) is 7.74. The van der Waals surface area contributed by atoms with Gasteiger partial charge in [-0.3, -0.25) is 9.59 Å². The van der Waals surface area contributed by atoms with Crippen molar-refractivity contribution in [2.45, 2.75) is 30.2 Å². The third kappa shape index (κ3) is 4.21. The van der Waals surface area contributed by atoms with E-state index >= 15 is 0 Å². The van der Waals surface area contributed by atoms with Gasteiger partial charge >= 0.3 is 0 Å². The Balaban J connectivity index is 1.42. The Hall–Kier alpha value is -1.19. The van der Waals surface area contributed by atoms with Gasteiger partial charge in [-0.1, -0.05) is 23.1 Å². The van der Waals surface area contributed by atoms with E-state index in [4.69, 9.17) is 4.74 Å². The average molecular weight is 356 g/mol. The van der Waals surface area contributed by atoms with Crippen LogP contribution in [0.4, 0.5) is 0 Å². The molecular weight excluding hydrogens is 336 g/mol. The summed E-state index contributed by atoms with van der Waals surface area (Å²) in [6.07, 6.45) is 1.50. The zero-order valence-corrected chi connectivity index (χ0v) is 14.7. The number of aryl methyl sites for hydroxylation is 1. The van der Waals surface area contributed by atoms with Crippen LogP contribution in [-0.4, -0.2) is 76.5 Å². The molecule has 23 heavy (non-hydrogen) atoms. The Labute approximate surface area is 143 Å². The number of amides is 2. The maximum Gasteiger partial charge on any atom is 0.251 e. The fourth-order valence-corrected chi connectivity index (χ4v) is 4.42. The Morgan fingerprint density at radius 1 is 1.26 bits per heavy atom. The Kier molecular flexibility index (Phi) is 5.50. The van der Waals surface area contributed by atoms with Gasteiger partial charge < -0.3 is 14.5 Å². The number of hydrogen-bond donors (Lipinski definition) is 0. The molecule has 0 spiro atoms. The van der Waals surface area contributed by atoms with Crippen molar-refractivity contribution in [1.29, 1.82) is 0 Å². The summed E-state index contributed by atoms with van der Waals surface area (Å²) >= 11 is 2.92. The van der Waals surface area contributed by atoms with E-state index in [1.165, 1.54) is 23.1 Å². The summed E-state index contributed by atoms with van der Waals surface area (Å²) in [7, 11) is 0. The third-order valence-electron chi connectivity index (χ3n) is 3.98. The summed E-state index contributed by atoms with van der Waals surface area (Å²) < 4.78 is 6.27. The van der Waals surface area contributed by atoms with Crippen LogP contribution in [0, 0.1) is 6.92 Å². The van der Waals surface area contributed by atoms with Crippen molar-refractivity contribution >= 4 is 34.9 Å². The fourth-order valence-electron chi connectivity index (χ4n) is 2.70. The first kappa shape index (κ1) is 16.7. The van der Waals surface area contributed by atoms with Gasteiger partial charge in [-0.2, -0.15) is 0 Å². The van der Waals surface area contributed by atoms with Crippen LogP contribution in [0.15, 0.2) is 4.34 Å². The van der Waals surface area contributed by atoms with Gasteiger partial charge in [0.25, 0.3) is 5.91 Å². The third-order valence-corrected chi connectivity index (χ3v) is 5.93. The molecule has 1 aromatic heterocycles. The van der Waals surface area contributed by atoms with Gasteiger partial charge in [0.15, 0.2) is 4.34 Å². The average Bonchev–Trinajstić information content (AvgIpc) is 3.24. The van der Waals surface area contributed by atoms with Crippen LogP contribution in [0.5, 0.6) is 0 Å². The number of ether oxygens (including phenoxy) is 1. The maximum absolute atomic E-state index is 12.3. The summed E-state index contributed by atoms with van der Waals surface area (Å²) in [6.45, 7) is 4.94. The monoisotopic (exact) mass is 356 g/mol. The molecule has 0 aromatic carbocycles. The van der Waals surface area contributed by atoms with Gasteiger partial charge in [-0.25, -0.2) is 0 Å². The number of carbonyl (C=O) groups excluding carboxylic acids is 2. The van der Waals surface area contributed by atoms with Crippen molar-refractivity contribution in [3.63, 3.8) is 0 Å². The molecule has 3 rings (SSSR count). The lowest BCUT2D eigenvalue weighted by molar-refractivity contribution is -0.145. The number of aromatic nitrogens is 2. The van der Waals surface area contributed by atoms with E-state index in [0.29, 0.717) is 38.5 Å². The highest BCUT2D eigenvalue weighted by Crippen LogP contribution is 2.22. The van der Waals surface area contributed by atoms with Gasteiger partial charge in [-0.05, 0) is 19.8 Å². The highest BCUT2D eigenvalue weighted by Gasteiger charge is 2.31. The van der Waals surface area contributed by atoms with E-state index in [1.807, 2.05) is 16.7 Å². The van der Waals surface area contributed by atoms with E-state index < -0.39 is 0 Å². The van der Waals surface area contributed by atoms with Gasteiger partial charge in [0, 0.05) is 32.8 Å². The zero-order chi connectivity index (χ0) is 16.2. The van der Waals surface area contributed by atoms with Crippen molar-refractivity contribution in [3.8, 4) is 0 Å². The number of nitrogens with zero attached hydrogens (tertiary/aromatic N) is 4. The molecule has 7 nitrogen and oxygen atoms in total. The van der Waals surface area contributed by atoms with Gasteiger partial charge in [0.2, 0.25) is 5.91 Å². The molecule has 2 aliphatic heterocycles. The number of piperazine rings is 1. The molecule has 0 aliphatic carbocycles. The minimum Gasteiger partial charge on any atom is -0.368 e. The van der Waals surface area contributed by atoms with Crippen molar-refractivity contribution in [1.82, 2.24) is 20.0 Å². The number of thioether (sulfide) groups is 1. The first-order chi connectivity index (χ1) is 11.1. The minimum absolute atomic E-state index is 0.0771. The van der Waals surface area contributed by atoms with E-state index in [9.17, 15) is 9.59 Å². The summed E-state index contributed by atoms with van der Waals surface area (Å²) in [6, 6.07) is 0. The number of hydrogen-bond acceptors (Lipinski definition) is 7. The fraction of sp³-hybridized carbons (Fsp3) is 0.714. The quantitative estimate of drug-likeness (QED) is 0.743. The van der Waals surface area contributed by atoms with Gasteiger partial charge in [0.1, 0.15) is 11.1 Å². The van der Waals surface area contributed by atoms with E-state index in [0.717, 1.165) is 22.2 Å². The molecule has 2 aliphatic rings. The highest BCUT2D eigenvalue weighted by atomic mass is 32.2. The molecule has 0 N–H and O–H groups in total. The number of carbonyl (C=O) groups is 2. The second-order valence-electron chi connectivity index (χ2n) is 5.58. The molecule has 3 heterocycles. The van der Waals surface area contributed by atoms with Crippen LogP contribution in [-0.2, 0) is 14.3 Å². The van der Waals surface area contributed by atoms with Gasteiger partial charge in [0.05, 0.1) is 5.75 Å². The molecule has 0 saturated carbocycles. The van der Waals surface area contributed by atoms with Crippen LogP contribution in [0.1, 0.15) is 17.8 Å². The number of rotatable bonds is 4. The smallest absolute Gasteiger partial charge is 0.251 e. The van der Waals surface area contributed by atoms with Crippen molar-refractivity contribution in [2.24, 2.45) is 0 Å². The highest BCUT2D eigenvalue weighted by molar-refractivity contribution is 8.01. The van der Waals surface area contributed by atoms with Crippen LogP contribution in [0.3, 0.4) is 0 Å². The topological polar surface area (TPSA) is 75.6 Å². The summed E-state index contributed by atoms with van der Waals surface area (Å²) in [4.78, 5) is 28.2. The molecule has 2 saturated heterocycles. The molecule has 2 amide bonds. The van der Waals surface area contributed by atoms with Crippen molar-refractivity contribution in [2.75, 3.05) is 38.5 Å². The summed E-state index contributed by atoms with van der Waals surface area (Å²) in [5.41, 5.74) is 0. The Morgan fingerprint density at radius 2 is 2.00 bits per heavy atom. The van der Waals surface area contributed by atoms with E-state index in [2.05, 4.69) is 10.2 Å². The maximum atomic E-state index is 12.3. The molecule has 2 fully saturated rings. The predicted molar refractivity (Wildman–Crippen MR) is 87.5 cm³/mol.